The topological polar surface area (TPSA) is 41.3 Å². The molecule has 0 amide bonds. The van der Waals surface area contributed by atoms with Crippen molar-refractivity contribution >= 4 is 11.0 Å². The van der Waals surface area contributed by atoms with Gasteiger partial charge in [0.2, 0.25) is 0 Å². The highest BCUT2D eigenvalue weighted by atomic mass is 19.1. The molecule has 0 saturated heterocycles. The number of hydrogen-bond donors (Lipinski definition) is 1. The van der Waals surface area contributed by atoms with Gasteiger partial charge >= 0.3 is 0 Å². The minimum absolute atomic E-state index is 0.168. The summed E-state index contributed by atoms with van der Waals surface area (Å²) in [6, 6.07) is 16.8. The second-order valence-corrected chi connectivity index (χ2v) is 15.0. The second kappa shape index (κ2) is 19.7. The molecule has 3 atom stereocenters. The molecule has 4 rings (SSSR count). The lowest BCUT2D eigenvalue weighted by Crippen LogP contribution is -2.52. The van der Waals surface area contributed by atoms with Crippen LogP contribution in [0.4, 0.5) is 4.39 Å². The first-order valence-electron chi connectivity index (χ1n) is 19.4. The molecule has 0 radical (unpaired) electrons. The van der Waals surface area contributed by atoms with Crippen LogP contribution >= 0.6 is 0 Å². The lowest BCUT2D eigenvalue weighted by molar-refractivity contribution is -0.0849. The summed E-state index contributed by atoms with van der Waals surface area (Å²) < 4.78 is 18.0. The predicted octanol–water partition coefficient (Wildman–Crippen LogP) is 10.8. The number of para-hydroxylation sites is 2. The van der Waals surface area contributed by atoms with Crippen molar-refractivity contribution in [2.24, 2.45) is 5.92 Å². The Hall–Kier alpha value is -2.24. The zero-order chi connectivity index (χ0) is 33.5. The van der Waals surface area contributed by atoms with E-state index in [1.54, 1.807) is 0 Å². The molecule has 0 aliphatic heterocycles. The first-order chi connectivity index (χ1) is 22.8. The fourth-order valence-corrected chi connectivity index (χ4v) is 8.11. The molecule has 0 fully saturated rings. The molecule has 3 aromatic rings. The number of aryl methyl sites for hydroxylation is 2. The smallest absolute Gasteiger partial charge is 0.133 e. The molecule has 0 bridgehead atoms. The maximum absolute atomic E-state index is 15.5. The van der Waals surface area contributed by atoms with Crippen LogP contribution in [0.25, 0.3) is 11.0 Å². The molecule has 0 spiro atoms. The van der Waals surface area contributed by atoms with Gasteiger partial charge in [0, 0.05) is 31.8 Å². The number of halogens is 1. The number of aromatic nitrogens is 2. The van der Waals surface area contributed by atoms with E-state index >= 15 is 4.39 Å². The molecular weight excluding hydrogens is 581 g/mol. The van der Waals surface area contributed by atoms with Gasteiger partial charge in [0.25, 0.3) is 0 Å². The van der Waals surface area contributed by atoms with E-state index in [9.17, 15) is 5.11 Å². The largest absolute Gasteiger partial charge is 0.386 e. The molecule has 4 nitrogen and oxygen atoms in total. The summed E-state index contributed by atoms with van der Waals surface area (Å²) >= 11 is 0. The predicted molar refractivity (Wildman–Crippen MR) is 198 cm³/mol. The van der Waals surface area contributed by atoms with E-state index < -0.39 is 11.8 Å². The van der Waals surface area contributed by atoms with Crippen molar-refractivity contribution in [2.75, 3.05) is 20.1 Å². The first kappa shape index (κ1) is 37.6. The van der Waals surface area contributed by atoms with Gasteiger partial charge in [-0.25, -0.2) is 9.37 Å². The Bertz CT molecular complexity index is 1300. The number of unbranched alkanes of at least 4 members (excludes halogenated alkanes) is 13. The number of nitrogens with zero attached hydrogens (tertiary/aromatic N) is 3. The Balaban J connectivity index is 1.13. The van der Waals surface area contributed by atoms with Crippen LogP contribution < -0.4 is 0 Å². The van der Waals surface area contributed by atoms with Crippen molar-refractivity contribution in [1.29, 1.82) is 0 Å². The molecule has 262 valence electrons. The summed E-state index contributed by atoms with van der Waals surface area (Å²) in [4.78, 5) is 7.33. The number of fused-ring (bicyclic) bond motifs is 2. The zero-order valence-electron chi connectivity index (χ0n) is 30.4. The van der Waals surface area contributed by atoms with Crippen molar-refractivity contribution in [1.82, 2.24) is 14.5 Å². The van der Waals surface area contributed by atoms with Gasteiger partial charge < -0.3 is 14.6 Å². The lowest BCUT2D eigenvalue weighted by atomic mass is 9.65. The van der Waals surface area contributed by atoms with Gasteiger partial charge in [-0.05, 0) is 68.5 Å². The quantitative estimate of drug-likeness (QED) is 0.104. The van der Waals surface area contributed by atoms with Crippen LogP contribution in [-0.4, -0.2) is 51.5 Å². The van der Waals surface area contributed by atoms with Gasteiger partial charge in [-0.15, -0.1) is 0 Å². The van der Waals surface area contributed by atoms with Crippen LogP contribution in [0.15, 0.2) is 48.5 Å². The highest BCUT2D eigenvalue weighted by molar-refractivity contribution is 5.75. The van der Waals surface area contributed by atoms with Gasteiger partial charge in [0.05, 0.1) is 11.0 Å². The normalized spacial score (nSPS) is 19.7. The number of rotatable bonds is 23. The van der Waals surface area contributed by atoms with Gasteiger partial charge in [0.15, 0.2) is 0 Å². The average Bonchev–Trinajstić information content (AvgIpc) is 3.41. The van der Waals surface area contributed by atoms with Crippen LogP contribution in [0.3, 0.4) is 0 Å². The van der Waals surface area contributed by atoms with Gasteiger partial charge in [-0.1, -0.05) is 134 Å². The molecule has 1 N–H and O–H groups in total. The van der Waals surface area contributed by atoms with E-state index in [0.29, 0.717) is 12.8 Å². The van der Waals surface area contributed by atoms with Gasteiger partial charge in [-0.2, -0.15) is 0 Å². The van der Waals surface area contributed by atoms with Crippen LogP contribution in [0.1, 0.15) is 146 Å². The molecule has 2 aromatic carbocycles. The number of aliphatic hydroxyl groups is 1. The number of alkyl halides is 1. The van der Waals surface area contributed by atoms with E-state index in [1.165, 1.54) is 101 Å². The molecule has 0 saturated carbocycles. The lowest BCUT2D eigenvalue weighted by Gasteiger charge is -2.46. The molecule has 5 heteroatoms. The standard InChI is InChI=1S/C42H66FN3O/c1-5-6-7-8-9-10-11-12-16-23-31-46-38-27-21-20-26-37(38)44-40(46)28-17-14-13-15-22-30-45(4)32-29-42(47)39(43)33-35-24-18-19-25-36(35)41(42)34(2)3/h18-21,24-27,34,39,41,47H,5-17,22-23,28-33H2,1-4H3/t39?,41-,42+/m0/s1. The fourth-order valence-electron chi connectivity index (χ4n) is 8.11. The molecule has 1 heterocycles. The summed E-state index contributed by atoms with van der Waals surface area (Å²) in [5.74, 6) is 1.27. The van der Waals surface area contributed by atoms with E-state index in [2.05, 4.69) is 67.6 Å². The Kier molecular flexibility index (Phi) is 15.7. The number of benzene rings is 2. The van der Waals surface area contributed by atoms with Crippen molar-refractivity contribution in [3.8, 4) is 0 Å². The third-order valence-electron chi connectivity index (χ3n) is 10.8. The first-order valence-corrected chi connectivity index (χ1v) is 19.4. The molecule has 1 unspecified atom stereocenters. The third-order valence-corrected chi connectivity index (χ3v) is 10.8. The molecule has 1 aliphatic rings. The summed E-state index contributed by atoms with van der Waals surface area (Å²) in [7, 11) is 2.12. The zero-order valence-corrected chi connectivity index (χ0v) is 30.4. The summed E-state index contributed by atoms with van der Waals surface area (Å²) in [5.41, 5.74) is 3.32. The average molecular weight is 648 g/mol. The SMILES string of the molecule is CCCCCCCCCCCCn1c(CCCCCCCN(C)CC[C@@]2(O)C(F)Cc3ccccc3[C@@H]2C(C)C)nc2ccccc21. The van der Waals surface area contributed by atoms with E-state index in [1.807, 2.05) is 18.2 Å². The van der Waals surface area contributed by atoms with Crippen LogP contribution in [0, 0.1) is 5.92 Å². The summed E-state index contributed by atoms with van der Waals surface area (Å²) in [6.07, 6.45) is 20.3. The van der Waals surface area contributed by atoms with E-state index in [0.717, 1.165) is 49.1 Å². The monoisotopic (exact) mass is 648 g/mol. The fraction of sp³-hybridized carbons (Fsp3) is 0.690. The van der Waals surface area contributed by atoms with Crippen molar-refractivity contribution < 1.29 is 9.50 Å². The molecule has 47 heavy (non-hydrogen) atoms. The van der Waals surface area contributed by atoms with Gasteiger partial charge in [-0.3, -0.25) is 0 Å². The Morgan fingerprint density at radius 2 is 1.45 bits per heavy atom. The maximum Gasteiger partial charge on any atom is 0.133 e. The van der Waals surface area contributed by atoms with E-state index in [-0.39, 0.29) is 11.8 Å². The Morgan fingerprint density at radius 1 is 0.830 bits per heavy atom. The van der Waals surface area contributed by atoms with Crippen molar-refractivity contribution in [2.45, 2.75) is 161 Å². The minimum Gasteiger partial charge on any atom is -0.386 e. The highest BCUT2D eigenvalue weighted by Gasteiger charge is 2.49. The summed E-state index contributed by atoms with van der Waals surface area (Å²) in [6.45, 7) is 9.31. The van der Waals surface area contributed by atoms with Crippen LogP contribution in [0.2, 0.25) is 0 Å². The number of hydrogen-bond acceptors (Lipinski definition) is 3. The van der Waals surface area contributed by atoms with Crippen LogP contribution in [0.5, 0.6) is 0 Å². The Labute approximate surface area is 286 Å². The number of imidazole rings is 1. The van der Waals surface area contributed by atoms with Crippen LogP contribution in [-0.2, 0) is 19.4 Å². The van der Waals surface area contributed by atoms with Gasteiger partial charge in [0.1, 0.15) is 17.6 Å². The van der Waals surface area contributed by atoms with E-state index in [4.69, 9.17) is 4.98 Å². The van der Waals surface area contributed by atoms with Crippen molar-refractivity contribution in [3.05, 3.63) is 65.5 Å². The van der Waals surface area contributed by atoms with Crippen molar-refractivity contribution in [3.63, 3.8) is 0 Å². The highest BCUT2D eigenvalue weighted by Crippen LogP contribution is 2.46. The summed E-state index contributed by atoms with van der Waals surface area (Å²) in [5, 5.41) is 11.7. The molecular formula is C42H66FN3O. The Morgan fingerprint density at radius 3 is 2.17 bits per heavy atom. The molecule has 1 aliphatic carbocycles. The third kappa shape index (κ3) is 10.9. The minimum atomic E-state index is -1.30. The molecule has 1 aromatic heterocycles. The second-order valence-electron chi connectivity index (χ2n) is 15.0. The maximum atomic E-state index is 15.5.